The predicted molar refractivity (Wildman–Crippen MR) is 50.3 cm³/mol. The first-order valence-corrected chi connectivity index (χ1v) is 4.36. The molecule has 0 aromatic heterocycles. The minimum Gasteiger partial charge on any atom is -0.402 e. The van der Waals surface area contributed by atoms with E-state index >= 15 is 0 Å². The summed E-state index contributed by atoms with van der Waals surface area (Å²) in [6.07, 6.45) is 6.79. The molecule has 3 N–H and O–H groups in total. The van der Waals surface area contributed by atoms with Crippen molar-refractivity contribution in [2.24, 2.45) is 5.73 Å². The van der Waals surface area contributed by atoms with E-state index in [2.05, 4.69) is 5.32 Å². The molecule has 0 aromatic rings. The number of allylic oxidation sites excluding steroid dienone is 2. The zero-order chi connectivity index (χ0) is 8.53. The third-order valence-corrected chi connectivity index (χ3v) is 1.76. The molecule has 0 rings (SSSR count). The van der Waals surface area contributed by atoms with Crippen molar-refractivity contribution < 1.29 is 0 Å². The van der Waals surface area contributed by atoms with Crippen LogP contribution in [-0.2, 0) is 0 Å². The minimum atomic E-state index is 1.02. The lowest BCUT2D eigenvalue weighted by atomic mass is 10.1. The van der Waals surface area contributed by atoms with Crippen LogP contribution >= 0.6 is 0 Å². The second-order valence-corrected chi connectivity index (χ2v) is 2.78. The highest BCUT2D eigenvalue weighted by molar-refractivity contribution is 4.92. The molecule has 0 heterocycles. The molecule has 0 fully saturated rings. The molecule has 0 bridgehead atoms. The topological polar surface area (TPSA) is 38.0 Å². The van der Waals surface area contributed by atoms with Gasteiger partial charge in [-0.1, -0.05) is 12.5 Å². The van der Waals surface area contributed by atoms with Gasteiger partial charge in [0.15, 0.2) is 0 Å². The lowest BCUT2D eigenvalue weighted by molar-refractivity contribution is 0.639. The summed E-state index contributed by atoms with van der Waals surface area (Å²) in [7, 11) is 1.99. The monoisotopic (exact) mass is 156 g/mol. The molecule has 11 heavy (non-hydrogen) atoms. The zero-order valence-electron chi connectivity index (χ0n) is 7.69. The standard InChI is InChI=1S/C9H20N2/c1-3-9(10)7-5-4-6-8-11-2/h3,11H,4-8,10H2,1-2H3/b9-3+. The largest absolute Gasteiger partial charge is 0.402 e. The Morgan fingerprint density at radius 2 is 2.09 bits per heavy atom. The van der Waals surface area contributed by atoms with E-state index in [9.17, 15) is 0 Å². The highest BCUT2D eigenvalue weighted by atomic mass is 14.8. The maximum absolute atomic E-state index is 5.63. The zero-order valence-corrected chi connectivity index (χ0v) is 7.69. The molecular weight excluding hydrogens is 136 g/mol. The van der Waals surface area contributed by atoms with Crippen molar-refractivity contribution in [1.29, 1.82) is 0 Å². The van der Waals surface area contributed by atoms with Crippen molar-refractivity contribution in [3.05, 3.63) is 11.8 Å². The Morgan fingerprint density at radius 3 is 2.64 bits per heavy atom. The molecule has 0 saturated carbocycles. The van der Waals surface area contributed by atoms with Gasteiger partial charge in [-0.05, 0) is 39.8 Å². The average molecular weight is 156 g/mol. The van der Waals surface area contributed by atoms with Crippen LogP contribution in [-0.4, -0.2) is 13.6 Å². The molecule has 0 atom stereocenters. The molecule has 2 nitrogen and oxygen atoms in total. The number of nitrogens with two attached hydrogens (primary N) is 1. The average Bonchev–Trinajstić information content (AvgIpc) is 2.04. The van der Waals surface area contributed by atoms with Crippen LogP contribution in [0.1, 0.15) is 32.6 Å². The summed E-state index contributed by atoms with van der Waals surface area (Å²) in [5, 5.41) is 3.12. The first kappa shape index (κ1) is 10.5. The molecular formula is C9H20N2. The van der Waals surface area contributed by atoms with Gasteiger partial charge in [0.05, 0.1) is 0 Å². The Morgan fingerprint density at radius 1 is 1.36 bits per heavy atom. The summed E-state index contributed by atoms with van der Waals surface area (Å²) < 4.78 is 0. The molecule has 0 aliphatic carbocycles. The normalized spacial score (nSPS) is 12.0. The van der Waals surface area contributed by atoms with Crippen molar-refractivity contribution in [2.75, 3.05) is 13.6 Å². The Hall–Kier alpha value is -0.500. The van der Waals surface area contributed by atoms with Crippen LogP contribution in [0, 0.1) is 0 Å². The van der Waals surface area contributed by atoms with Crippen LogP contribution in [0.5, 0.6) is 0 Å². The van der Waals surface area contributed by atoms with Gasteiger partial charge in [0.1, 0.15) is 0 Å². The first-order chi connectivity index (χ1) is 5.31. The van der Waals surface area contributed by atoms with Gasteiger partial charge in [-0.25, -0.2) is 0 Å². The number of unbranched alkanes of at least 4 members (excludes halogenated alkanes) is 2. The van der Waals surface area contributed by atoms with Crippen LogP contribution < -0.4 is 11.1 Å². The Balaban J connectivity index is 3.02. The van der Waals surface area contributed by atoms with Gasteiger partial charge in [0.2, 0.25) is 0 Å². The lowest BCUT2D eigenvalue weighted by Crippen LogP contribution is -2.07. The molecule has 0 amide bonds. The van der Waals surface area contributed by atoms with Crippen molar-refractivity contribution in [3.8, 4) is 0 Å². The summed E-state index contributed by atoms with van der Waals surface area (Å²) in [5.74, 6) is 0. The molecule has 0 aliphatic heterocycles. The summed E-state index contributed by atoms with van der Waals surface area (Å²) in [6, 6.07) is 0. The smallest absolute Gasteiger partial charge is 0.00371 e. The lowest BCUT2D eigenvalue weighted by Gasteiger charge is -2.00. The van der Waals surface area contributed by atoms with Gasteiger partial charge in [-0.15, -0.1) is 0 Å². The fourth-order valence-electron chi connectivity index (χ4n) is 0.952. The molecule has 0 aromatic carbocycles. The maximum atomic E-state index is 5.63. The molecule has 0 unspecified atom stereocenters. The highest BCUT2D eigenvalue weighted by Crippen LogP contribution is 2.03. The van der Waals surface area contributed by atoms with E-state index in [-0.39, 0.29) is 0 Å². The Bertz CT molecular complexity index is 108. The van der Waals surface area contributed by atoms with Crippen molar-refractivity contribution in [2.45, 2.75) is 32.6 Å². The summed E-state index contributed by atoms with van der Waals surface area (Å²) in [4.78, 5) is 0. The van der Waals surface area contributed by atoms with Gasteiger partial charge in [-0.2, -0.15) is 0 Å². The van der Waals surface area contributed by atoms with E-state index < -0.39 is 0 Å². The van der Waals surface area contributed by atoms with E-state index in [1.54, 1.807) is 0 Å². The van der Waals surface area contributed by atoms with Gasteiger partial charge >= 0.3 is 0 Å². The molecule has 0 aliphatic rings. The summed E-state index contributed by atoms with van der Waals surface area (Å²) in [6.45, 7) is 3.11. The second-order valence-electron chi connectivity index (χ2n) is 2.78. The number of nitrogens with one attached hydrogen (secondary N) is 1. The fraction of sp³-hybridized carbons (Fsp3) is 0.778. The Kier molecular flexibility index (Phi) is 7.26. The van der Waals surface area contributed by atoms with Crippen LogP contribution in [0.3, 0.4) is 0 Å². The van der Waals surface area contributed by atoms with E-state index in [0.717, 1.165) is 18.7 Å². The number of hydrogen-bond donors (Lipinski definition) is 2. The number of rotatable bonds is 6. The summed E-state index contributed by atoms with van der Waals surface area (Å²) >= 11 is 0. The van der Waals surface area contributed by atoms with Gasteiger partial charge in [0.25, 0.3) is 0 Å². The maximum Gasteiger partial charge on any atom is 0.00371 e. The molecule has 0 spiro atoms. The van der Waals surface area contributed by atoms with E-state index in [1.165, 1.54) is 19.3 Å². The third-order valence-electron chi connectivity index (χ3n) is 1.76. The van der Waals surface area contributed by atoms with Crippen LogP contribution in [0.2, 0.25) is 0 Å². The van der Waals surface area contributed by atoms with Gasteiger partial charge in [0, 0.05) is 5.70 Å². The number of hydrogen-bond acceptors (Lipinski definition) is 2. The predicted octanol–water partition coefficient (Wildman–Crippen LogP) is 1.63. The minimum absolute atomic E-state index is 1.02. The molecule has 66 valence electrons. The van der Waals surface area contributed by atoms with Crippen molar-refractivity contribution in [1.82, 2.24) is 5.32 Å². The van der Waals surface area contributed by atoms with E-state index in [0.29, 0.717) is 0 Å². The fourth-order valence-corrected chi connectivity index (χ4v) is 0.952. The first-order valence-electron chi connectivity index (χ1n) is 4.36. The Labute approximate surface area is 69.9 Å². The highest BCUT2D eigenvalue weighted by Gasteiger charge is 1.89. The summed E-state index contributed by atoms with van der Waals surface area (Å²) in [5.41, 5.74) is 6.66. The molecule has 2 heteroatoms. The van der Waals surface area contributed by atoms with Crippen molar-refractivity contribution in [3.63, 3.8) is 0 Å². The van der Waals surface area contributed by atoms with Gasteiger partial charge < -0.3 is 11.1 Å². The van der Waals surface area contributed by atoms with E-state index in [1.807, 2.05) is 20.0 Å². The van der Waals surface area contributed by atoms with Crippen LogP contribution in [0.15, 0.2) is 11.8 Å². The van der Waals surface area contributed by atoms with E-state index in [4.69, 9.17) is 5.73 Å². The molecule has 0 saturated heterocycles. The SMILES string of the molecule is C/C=C(/N)CCCCCNC. The molecule has 0 radical (unpaired) electrons. The van der Waals surface area contributed by atoms with Crippen molar-refractivity contribution >= 4 is 0 Å². The van der Waals surface area contributed by atoms with Gasteiger partial charge in [-0.3, -0.25) is 0 Å². The third kappa shape index (κ3) is 7.40. The van der Waals surface area contributed by atoms with Crippen LogP contribution in [0.25, 0.3) is 0 Å². The quantitative estimate of drug-likeness (QED) is 0.574. The van der Waals surface area contributed by atoms with Crippen LogP contribution in [0.4, 0.5) is 0 Å². The second kappa shape index (κ2) is 7.61.